The second kappa shape index (κ2) is 6.62. The Morgan fingerprint density at radius 3 is 2.92 bits per heavy atom. The highest BCUT2D eigenvalue weighted by molar-refractivity contribution is 7.14. The van der Waals surface area contributed by atoms with Gasteiger partial charge in [-0.3, -0.25) is 5.43 Å². The normalized spacial score (nSPS) is 11.8. The summed E-state index contributed by atoms with van der Waals surface area (Å²) in [5.41, 5.74) is 5.04. The Morgan fingerprint density at radius 1 is 1.20 bits per heavy atom. The van der Waals surface area contributed by atoms with Crippen LogP contribution in [0.4, 0.5) is 5.13 Å². The van der Waals surface area contributed by atoms with E-state index in [4.69, 9.17) is 4.42 Å². The molecule has 4 rings (SSSR count). The number of hydrogen-bond acceptors (Lipinski definition) is 7. The third-order valence-corrected chi connectivity index (χ3v) is 5.34. The fourth-order valence-corrected chi connectivity index (χ4v) is 3.69. The van der Waals surface area contributed by atoms with Gasteiger partial charge in [0.1, 0.15) is 5.58 Å². The summed E-state index contributed by atoms with van der Waals surface area (Å²) in [4.78, 5) is 17.8. The average molecular weight is 367 g/mol. The lowest BCUT2D eigenvalue weighted by Gasteiger charge is -1.99. The van der Waals surface area contributed by atoms with Crippen molar-refractivity contribution in [2.75, 3.05) is 5.43 Å². The molecule has 5 nitrogen and oxygen atoms in total. The lowest BCUT2D eigenvalue weighted by molar-refractivity contribution is 0.563. The number of nitrogens with zero attached hydrogens (tertiary/aromatic N) is 2. The molecule has 0 amide bonds. The minimum absolute atomic E-state index is 0.395. The molecule has 124 valence electrons. The quantitative estimate of drug-likeness (QED) is 0.319. The molecule has 0 aliphatic carbocycles. The monoisotopic (exact) mass is 367 g/mol. The Morgan fingerprint density at radius 2 is 2.08 bits per heavy atom. The van der Waals surface area contributed by atoms with Gasteiger partial charge in [-0.2, -0.15) is 5.10 Å². The summed E-state index contributed by atoms with van der Waals surface area (Å²) < 4.78 is 5.37. The van der Waals surface area contributed by atoms with E-state index >= 15 is 0 Å². The second-order valence-corrected chi connectivity index (χ2v) is 7.12. The Kier molecular flexibility index (Phi) is 4.17. The first-order valence-corrected chi connectivity index (χ1v) is 9.29. The van der Waals surface area contributed by atoms with Crippen LogP contribution in [0.1, 0.15) is 11.8 Å². The number of hydrogen-bond donors (Lipinski definition) is 1. The van der Waals surface area contributed by atoms with E-state index in [-0.39, 0.29) is 0 Å². The van der Waals surface area contributed by atoms with E-state index in [9.17, 15) is 4.79 Å². The Balaban J connectivity index is 1.62. The molecule has 3 aromatic heterocycles. The van der Waals surface area contributed by atoms with Crippen LogP contribution >= 0.6 is 22.7 Å². The molecular weight excluding hydrogens is 354 g/mol. The van der Waals surface area contributed by atoms with E-state index in [1.165, 1.54) is 11.3 Å². The predicted molar refractivity (Wildman–Crippen MR) is 104 cm³/mol. The number of rotatable bonds is 4. The molecule has 1 aromatic carbocycles. The molecule has 0 unspecified atom stereocenters. The van der Waals surface area contributed by atoms with Crippen LogP contribution in [0.25, 0.3) is 22.2 Å². The number of thiophene rings is 1. The molecular formula is C18H13N3O2S2. The van der Waals surface area contributed by atoms with E-state index in [0.717, 1.165) is 16.0 Å². The molecule has 0 spiro atoms. The summed E-state index contributed by atoms with van der Waals surface area (Å²) in [7, 11) is 0. The van der Waals surface area contributed by atoms with Crippen LogP contribution in [0.5, 0.6) is 0 Å². The van der Waals surface area contributed by atoms with Crippen molar-refractivity contribution in [3.8, 4) is 11.3 Å². The largest absolute Gasteiger partial charge is 0.422 e. The van der Waals surface area contributed by atoms with Crippen molar-refractivity contribution in [2.24, 2.45) is 5.10 Å². The van der Waals surface area contributed by atoms with E-state index in [0.29, 0.717) is 22.0 Å². The van der Waals surface area contributed by atoms with E-state index in [1.54, 1.807) is 23.5 Å². The van der Waals surface area contributed by atoms with Crippen LogP contribution in [-0.2, 0) is 0 Å². The van der Waals surface area contributed by atoms with E-state index < -0.39 is 5.63 Å². The van der Waals surface area contributed by atoms with Crippen molar-refractivity contribution < 1.29 is 4.42 Å². The number of anilines is 1. The van der Waals surface area contributed by atoms with Crippen molar-refractivity contribution in [3.63, 3.8) is 0 Å². The number of para-hydroxylation sites is 1. The zero-order chi connectivity index (χ0) is 17.2. The highest BCUT2D eigenvalue weighted by atomic mass is 32.1. The van der Waals surface area contributed by atoms with Gasteiger partial charge in [0.15, 0.2) is 0 Å². The van der Waals surface area contributed by atoms with Crippen molar-refractivity contribution in [2.45, 2.75) is 6.92 Å². The number of fused-ring (bicyclic) bond motifs is 1. The molecule has 1 N–H and O–H groups in total. The van der Waals surface area contributed by atoms with Crippen molar-refractivity contribution >= 4 is 44.5 Å². The van der Waals surface area contributed by atoms with Gasteiger partial charge in [0.05, 0.1) is 17.0 Å². The molecule has 0 atom stereocenters. The highest BCUT2D eigenvalue weighted by Gasteiger charge is 2.11. The van der Waals surface area contributed by atoms with Crippen molar-refractivity contribution in [1.29, 1.82) is 0 Å². The number of hydrazone groups is 1. The van der Waals surface area contributed by atoms with E-state index in [1.807, 2.05) is 48.0 Å². The molecule has 0 saturated heterocycles. The molecule has 0 fully saturated rings. The van der Waals surface area contributed by atoms with Crippen LogP contribution in [0, 0.1) is 0 Å². The molecule has 4 aromatic rings. The summed E-state index contributed by atoms with van der Waals surface area (Å²) in [5, 5.41) is 9.66. The van der Waals surface area contributed by atoms with Gasteiger partial charge in [0.25, 0.3) is 0 Å². The second-order valence-electron chi connectivity index (χ2n) is 5.31. The molecule has 25 heavy (non-hydrogen) atoms. The topological polar surface area (TPSA) is 67.5 Å². The molecule has 0 bridgehead atoms. The Bertz CT molecular complexity index is 1110. The number of nitrogens with one attached hydrogen (secondary N) is 1. The van der Waals surface area contributed by atoms with Gasteiger partial charge >= 0.3 is 5.63 Å². The van der Waals surface area contributed by atoms with Crippen LogP contribution in [0.3, 0.4) is 0 Å². The van der Waals surface area contributed by atoms with Gasteiger partial charge in [0, 0.05) is 15.6 Å². The number of thiazole rings is 1. The maximum atomic E-state index is 12.2. The summed E-state index contributed by atoms with van der Waals surface area (Å²) in [6.07, 6.45) is 0. The first-order chi connectivity index (χ1) is 12.2. The number of aromatic nitrogens is 1. The van der Waals surface area contributed by atoms with Crippen LogP contribution < -0.4 is 11.1 Å². The Labute approximate surface area is 151 Å². The van der Waals surface area contributed by atoms with Crippen molar-refractivity contribution in [3.05, 3.63) is 68.5 Å². The molecule has 0 saturated carbocycles. The predicted octanol–water partition coefficient (Wildman–Crippen LogP) is 4.81. The summed E-state index contributed by atoms with van der Waals surface area (Å²) >= 11 is 3.02. The SMILES string of the molecule is C/C(=N\Nc1nc(-c2cc3ccccc3oc2=O)cs1)c1cccs1. The molecule has 7 heteroatoms. The van der Waals surface area contributed by atoms with Gasteiger partial charge in [-0.15, -0.1) is 22.7 Å². The fraction of sp³-hybridized carbons (Fsp3) is 0.0556. The number of benzene rings is 1. The molecule has 0 radical (unpaired) electrons. The molecule has 0 aliphatic heterocycles. The molecule has 3 heterocycles. The van der Waals surface area contributed by atoms with Gasteiger partial charge in [-0.1, -0.05) is 24.3 Å². The molecule has 0 aliphatic rings. The van der Waals surface area contributed by atoms with Gasteiger partial charge in [-0.25, -0.2) is 9.78 Å². The first kappa shape index (κ1) is 15.7. The minimum Gasteiger partial charge on any atom is -0.422 e. The summed E-state index contributed by atoms with van der Waals surface area (Å²) in [6.45, 7) is 1.94. The van der Waals surface area contributed by atoms with Gasteiger partial charge in [0.2, 0.25) is 5.13 Å². The summed E-state index contributed by atoms with van der Waals surface area (Å²) in [5.74, 6) is 0. The van der Waals surface area contributed by atoms with Crippen LogP contribution in [0.2, 0.25) is 0 Å². The zero-order valence-corrected chi connectivity index (χ0v) is 14.9. The van der Waals surface area contributed by atoms with Crippen LogP contribution in [0.15, 0.2) is 67.5 Å². The zero-order valence-electron chi connectivity index (χ0n) is 13.2. The van der Waals surface area contributed by atoms with Crippen molar-refractivity contribution in [1.82, 2.24) is 4.98 Å². The standard InChI is InChI=1S/C18H13N3O2S2/c1-11(16-7-4-8-24-16)20-21-18-19-14(10-25-18)13-9-12-5-2-3-6-15(12)23-17(13)22/h2-10H,1H3,(H,19,21)/b20-11+. The first-order valence-electron chi connectivity index (χ1n) is 7.54. The van der Waals surface area contributed by atoms with Gasteiger partial charge < -0.3 is 4.42 Å². The maximum Gasteiger partial charge on any atom is 0.345 e. The highest BCUT2D eigenvalue weighted by Crippen LogP contribution is 2.25. The Hall–Kier alpha value is -2.77. The lowest BCUT2D eigenvalue weighted by Crippen LogP contribution is -2.03. The summed E-state index contributed by atoms with van der Waals surface area (Å²) in [6, 6.07) is 13.2. The third-order valence-electron chi connectivity index (χ3n) is 3.62. The third kappa shape index (κ3) is 3.24. The average Bonchev–Trinajstić information content (AvgIpc) is 3.31. The minimum atomic E-state index is -0.395. The van der Waals surface area contributed by atoms with E-state index in [2.05, 4.69) is 15.5 Å². The van der Waals surface area contributed by atoms with Crippen LogP contribution in [-0.4, -0.2) is 10.7 Å². The van der Waals surface area contributed by atoms with Gasteiger partial charge in [-0.05, 0) is 30.5 Å². The fourth-order valence-electron chi connectivity index (χ4n) is 2.36. The smallest absolute Gasteiger partial charge is 0.345 e. The lowest BCUT2D eigenvalue weighted by atomic mass is 10.1. The maximum absolute atomic E-state index is 12.2.